The van der Waals surface area contributed by atoms with Crippen molar-refractivity contribution in [1.82, 2.24) is 4.90 Å². The monoisotopic (exact) mass is 231 g/mol. The zero-order valence-corrected chi connectivity index (χ0v) is 10.3. The van der Waals surface area contributed by atoms with Gasteiger partial charge in [-0.05, 0) is 48.8 Å². The maximum absolute atomic E-state index is 9.23. The highest BCUT2D eigenvalue weighted by Gasteiger charge is 2.35. The fraction of sp³-hybridized carbons (Fsp3) is 0.600. The molecule has 2 fully saturated rings. The van der Waals surface area contributed by atoms with Gasteiger partial charge in [0.2, 0.25) is 0 Å². The first kappa shape index (κ1) is 11.1. The summed E-state index contributed by atoms with van der Waals surface area (Å²) in [6, 6.07) is 7.64. The molecule has 0 unspecified atom stereocenters. The van der Waals surface area contributed by atoms with Gasteiger partial charge in [0.1, 0.15) is 5.75 Å². The Balaban J connectivity index is 1.50. The van der Waals surface area contributed by atoms with Gasteiger partial charge in [0.25, 0.3) is 0 Å². The SMILES string of the molecule is Oc1ccc(CCN2C[C@H]3CCC[C@H]3C2)cc1. The van der Waals surface area contributed by atoms with Crippen LogP contribution < -0.4 is 0 Å². The summed E-state index contributed by atoms with van der Waals surface area (Å²) < 4.78 is 0. The van der Waals surface area contributed by atoms with Gasteiger partial charge >= 0.3 is 0 Å². The number of benzene rings is 1. The van der Waals surface area contributed by atoms with E-state index in [1.165, 1.54) is 44.5 Å². The van der Waals surface area contributed by atoms with E-state index in [0.717, 1.165) is 18.3 Å². The van der Waals surface area contributed by atoms with Crippen molar-refractivity contribution in [3.05, 3.63) is 29.8 Å². The molecule has 0 bridgehead atoms. The van der Waals surface area contributed by atoms with Gasteiger partial charge in [-0.2, -0.15) is 0 Å². The van der Waals surface area contributed by atoms with E-state index in [4.69, 9.17) is 0 Å². The molecule has 1 saturated carbocycles. The Labute approximate surface area is 103 Å². The van der Waals surface area contributed by atoms with Crippen LogP contribution in [0.2, 0.25) is 0 Å². The van der Waals surface area contributed by atoms with E-state index < -0.39 is 0 Å². The van der Waals surface area contributed by atoms with E-state index in [9.17, 15) is 5.11 Å². The van der Waals surface area contributed by atoms with Crippen LogP contribution >= 0.6 is 0 Å². The standard InChI is InChI=1S/C15H21NO/c17-15-6-4-12(5-7-15)8-9-16-10-13-2-1-3-14(13)11-16/h4-7,13-14,17H,1-3,8-11H2/t13-,14+. The molecule has 92 valence electrons. The number of fused-ring (bicyclic) bond motifs is 1. The van der Waals surface area contributed by atoms with Crippen LogP contribution in [0.4, 0.5) is 0 Å². The molecule has 0 spiro atoms. The number of hydrogen-bond donors (Lipinski definition) is 1. The Hall–Kier alpha value is -1.02. The highest BCUT2D eigenvalue weighted by atomic mass is 16.3. The van der Waals surface area contributed by atoms with Gasteiger partial charge in [0.15, 0.2) is 0 Å². The van der Waals surface area contributed by atoms with Gasteiger partial charge in [-0.1, -0.05) is 18.6 Å². The zero-order valence-electron chi connectivity index (χ0n) is 10.3. The van der Waals surface area contributed by atoms with Crippen molar-refractivity contribution >= 4 is 0 Å². The lowest BCUT2D eigenvalue weighted by atomic mass is 10.0. The summed E-state index contributed by atoms with van der Waals surface area (Å²) in [7, 11) is 0. The predicted molar refractivity (Wildman–Crippen MR) is 69.1 cm³/mol. The first-order chi connectivity index (χ1) is 8.31. The number of phenolic OH excluding ortho intramolecular Hbond substituents is 1. The summed E-state index contributed by atoms with van der Waals surface area (Å²) in [6.45, 7) is 3.82. The van der Waals surface area contributed by atoms with Crippen LogP contribution in [-0.2, 0) is 6.42 Å². The smallest absolute Gasteiger partial charge is 0.115 e. The van der Waals surface area contributed by atoms with E-state index in [2.05, 4.69) is 4.90 Å². The average Bonchev–Trinajstić information content (AvgIpc) is 2.88. The predicted octanol–water partition coefficient (Wildman–Crippen LogP) is 2.67. The van der Waals surface area contributed by atoms with Gasteiger partial charge in [-0.15, -0.1) is 0 Å². The molecule has 1 saturated heterocycles. The second-order valence-corrected chi connectivity index (χ2v) is 5.63. The minimum atomic E-state index is 0.365. The number of nitrogens with zero attached hydrogens (tertiary/aromatic N) is 1. The Morgan fingerprint density at radius 1 is 1.06 bits per heavy atom. The quantitative estimate of drug-likeness (QED) is 0.864. The molecule has 3 rings (SSSR count). The molecule has 2 aliphatic rings. The number of aromatic hydroxyl groups is 1. The van der Waals surface area contributed by atoms with E-state index in [1.807, 2.05) is 12.1 Å². The molecule has 1 aliphatic carbocycles. The van der Waals surface area contributed by atoms with Crippen LogP contribution in [0, 0.1) is 11.8 Å². The fourth-order valence-electron chi connectivity index (χ4n) is 3.46. The van der Waals surface area contributed by atoms with Crippen LogP contribution in [0.25, 0.3) is 0 Å². The molecule has 0 aromatic heterocycles. The number of likely N-dealkylation sites (tertiary alicyclic amines) is 1. The molecule has 2 heteroatoms. The van der Waals surface area contributed by atoms with Crippen molar-refractivity contribution < 1.29 is 5.11 Å². The fourth-order valence-corrected chi connectivity index (χ4v) is 3.46. The van der Waals surface area contributed by atoms with Gasteiger partial charge in [0.05, 0.1) is 0 Å². The highest BCUT2D eigenvalue weighted by Crippen LogP contribution is 2.37. The van der Waals surface area contributed by atoms with E-state index in [0.29, 0.717) is 5.75 Å². The summed E-state index contributed by atoms with van der Waals surface area (Å²) in [5.41, 5.74) is 1.33. The van der Waals surface area contributed by atoms with Crippen molar-refractivity contribution in [3.8, 4) is 5.75 Å². The van der Waals surface area contributed by atoms with Crippen molar-refractivity contribution in [2.24, 2.45) is 11.8 Å². The van der Waals surface area contributed by atoms with Crippen molar-refractivity contribution in [1.29, 1.82) is 0 Å². The maximum atomic E-state index is 9.23. The highest BCUT2D eigenvalue weighted by molar-refractivity contribution is 5.26. The lowest BCUT2D eigenvalue weighted by molar-refractivity contribution is 0.315. The third-order valence-corrected chi connectivity index (χ3v) is 4.45. The summed E-state index contributed by atoms with van der Waals surface area (Å²) in [4.78, 5) is 2.63. The second kappa shape index (κ2) is 4.69. The molecule has 1 N–H and O–H groups in total. The van der Waals surface area contributed by atoms with Crippen molar-refractivity contribution in [2.75, 3.05) is 19.6 Å². The lowest BCUT2D eigenvalue weighted by Gasteiger charge is -2.16. The lowest BCUT2D eigenvalue weighted by Crippen LogP contribution is -2.24. The summed E-state index contributed by atoms with van der Waals surface area (Å²) in [5, 5.41) is 9.23. The number of rotatable bonds is 3. The largest absolute Gasteiger partial charge is 0.508 e. The first-order valence-corrected chi connectivity index (χ1v) is 6.81. The van der Waals surface area contributed by atoms with Gasteiger partial charge in [0, 0.05) is 19.6 Å². The third kappa shape index (κ3) is 2.47. The Morgan fingerprint density at radius 2 is 1.71 bits per heavy atom. The summed E-state index contributed by atoms with van der Waals surface area (Å²) in [5.74, 6) is 2.36. The van der Waals surface area contributed by atoms with E-state index in [-0.39, 0.29) is 0 Å². The van der Waals surface area contributed by atoms with E-state index >= 15 is 0 Å². The molecular formula is C15H21NO. The van der Waals surface area contributed by atoms with Crippen LogP contribution in [-0.4, -0.2) is 29.6 Å². The van der Waals surface area contributed by atoms with Crippen molar-refractivity contribution in [2.45, 2.75) is 25.7 Å². The molecule has 1 heterocycles. The van der Waals surface area contributed by atoms with Crippen LogP contribution in [0.1, 0.15) is 24.8 Å². The zero-order chi connectivity index (χ0) is 11.7. The number of phenols is 1. The van der Waals surface area contributed by atoms with Crippen LogP contribution in [0.5, 0.6) is 5.75 Å². The molecule has 0 amide bonds. The minimum absolute atomic E-state index is 0.365. The van der Waals surface area contributed by atoms with Gasteiger partial charge in [-0.25, -0.2) is 0 Å². The second-order valence-electron chi connectivity index (χ2n) is 5.63. The third-order valence-electron chi connectivity index (χ3n) is 4.45. The topological polar surface area (TPSA) is 23.5 Å². The summed E-state index contributed by atoms with van der Waals surface area (Å²) >= 11 is 0. The van der Waals surface area contributed by atoms with Gasteiger partial charge < -0.3 is 10.0 Å². The van der Waals surface area contributed by atoms with Crippen molar-refractivity contribution in [3.63, 3.8) is 0 Å². The van der Waals surface area contributed by atoms with E-state index in [1.54, 1.807) is 12.1 Å². The Morgan fingerprint density at radius 3 is 2.35 bits per heavy atom. The molecule has 1 aromatic carbocycles. The average molecular weight is 231 g/mol. The Kier molecular flexibility index (Phi) is 3.06. The molecule has 1 aliphatic heterocycles. The normalized spacial score (nSPS) is 28.5. The van der Waals surface area contributed by atoms with Crippen LogP contribution in [0.3, 0.4) is 0 Å². The minimum Gasteiger partial charge on any atom is -0.508 e. The number of hydrogen-bond acceptors (Lipinski definition) is 2. The maximum Gasteiger partial charge on any atom is 0.115 e. The molecular weight excluding hydrogens is 210 g/mol. The molecule has 1 aromatic rings. The molecule has 2 nitrogen and oxygen atoms in total. The molecule has 2 atom stereocenters. The summed E-state index contributed by atoms with van der Waals surface area (Å²) in [6.07, 6.45) is 5.49. The van der Waals surface area contributed by atoms with Crippen LogP contribution in [0.15, 0.2) is 24.3 Å². The molecule has 0 radical (unpaired) electrons. The Bertz CT molecular complexity index is 361. The molecule has 17 heavy (non-hydrogen) atoms. The van der Waals surface area contributed by atoms with Gasteiger partial charge in [-0.3, -0.25) is 0 Å². The first-order valence-electron chi connectivity index (χ1n) is 6.81.